The van der Waals surface area contributed by atoms with E-state index in [1.807, 2.05) is 10.7 Å². The lowest BCUT2D eigenvalue weighted by Crippen LogP contribution is -2.09. The SMILES string of the molecule is OC(CCc1ccnn1Cc1ccc(F)cc1)c1nn[nH]n1. The predicted octanol–water partition coefficient (Wildman–Crippen LogP) is 1.25. The Morgan fingerprint density at radius 1 is 1.23 bits per heavy atom. The van der Waals surface area contributed by atoms with Gasteiger partial charge in [0.1, 0.15) is 11.9 Å². The number of aliphatic hydroxyl groups is 1. The van der Waals surface area contributed by atoms with Gasteiger partial charge in [-0.2, -0.15) is 10.3 Å². The summed E-state index contributed by atoms with van der Waals surface area (Å²) in [7, 11) is 0. The molecule has 1 unspecified atom stereocenters. The second-order valence-corrected chi connectivity index (χ2v) is 4.93. The predicted molar refractivity (Wildman–Crippen MR) is 75.2 cm³/mol. The molecule has 0 saturated carbocycles. The highest BCUT2D eigenvalue weighted by molar-refractivity contribution is 5.17. The van der Waals surface area contributed by atoms with E-state index in [2.05, 4.69) is 25.7 Å². The lowest BCUT2D eigenvalue weighted by atomic mass is 10.1. The molecule has 0 amide bonds. The van der Waals surface area contributed by atoms with Crippen LogP contribution < -0.4 is 0 Å². The van der Waals surface area contributed by atoms with Gasteiger partial charge in [0.2, 0.25) is 5.82 Å². The summed E-state index contributed by atoms with van der Waals surface area (Å²) in [5, 5.41) is 27.5. The molecule has 0 aliphatic rings. The molecule has 0 spiro atoms. The highest BCUT2D eigenvalue weighted by Gasteiger charge is 2.13. The largest absolute Gasteiger partial charge is 0.385 e. The second kappa shape index (κ2) is 6.44. The summed E-state index contributed by atoms with van der Waals surface area (Å²) in [6.07, 6.45) is 2.03. The molecule has 2 N–H and O–H groups in total. The van der Waals surface area contributed by atoms with Crippen molar-refractivity contribution in [2.24, 2.45) is 0 Å². The quantitative estimate of drug-likeness (QED) is 0.715. The fourth-order valence-corrected chi connectivity index (χ4v) is 2.20. The Labute approximate surface area is 125 Å². The number of tetrazole rings is 1. The topological polar surface area (TPSA) is 92.5 Å². The van der Waals surface area contributed by atoms with Gasteiger partial charge in [-0.15, -0.1) is 10.2 Å². The Morgan fingerprint density at radius 3 is 2.77 bits per heavy atom. The molecule has 8 heteroatoms. The summed E-state index contributed by atoms with van der Waals surface area (Å²) in [5.74, 6) is 0.0253. The van der Waals surface area contributed by atoms with Crippen molar-refractivity contribution >= 4 is 0 Å². The smallest absolute Gasteiger partial charge is 0.202 e. The Hall–Kier alpha value is -2.61. The fraction of sp³-hybridized carbons (Fsp3) is 0.286. The van der Waals surface area contributed by atoms with Gasteiger partial charge in [-0.1, -0.05) is 17.3 Å². The Kier molecular flexibility index (Phi) is 4.19. The van der Waals surface area contributed by atoms with E-state index in [1.165, 1.54) is 12.1 Å². The van der Waals surface area contributed by atoms with Crippen LogP contribution in [0.1, 0.15) is 29.6 Å². The third-order valence-electron chi connectivity index (χ3n) is 3.38. The van der Waals surface area contributed by atoms with E-state index in [4.69, 9.17) is 0 Å². The summed E-state index contributed by atoms with van der Waals surface area (Å²) < 4.78 is 14.7. The van der Waals surface area contributed by atoms with Gasteiger partial charge in [0.15, 0.2) is 0 Å². The molecule has 2 heterocycles. The first-order valence-corrected chi connectivity index (χ1v) is 6.89. The van der Waals surface area contributed by atoms with Crippen molar-refractivity contribution in [1.82, 2.24) is 30.4 Å². The third-order valence-corrected chi connectivity index (χ3v) is 3.38. The van der Waals surface area contributed by atoms with Gasteiger partial charge in [0.25, 0.3) is 0 Å². The van der Waals surface area contributed by atoms with Gasteiger partial charge >= 0.3 is 0 Å². The lowest BCUT2D eigenvalue weighted by Gasteiger charge is -2.09. The first-order chi connectivity index (χ1) is 10.7. The molecule has 7 nitrogen and oxygen atoms in total. The maximum atomic E-state index is 12.9. The Morgan fingerprint density at radius 2 is 2.05 bits per heavy atom. The first-order valence-electron chi connectivity index (χ1n) is 6.89. The van der Waals surface area contributed by atoms with E-state index in [0.29, 0.717) is 19.4 Å². The van der Waals surface area contributed by atoms with Gasteiger partial charge < -0.3 is 5.11 Å². The zero-order valence-electron chi connectivity index (χ0n) is 11.7. The first kappa shape index (κ1) is 14.3. The molecule has 114 valence electrons. The van der Waals surface area contributed by atoms with E-state index < -0.39 is 6.10 Å². The number of H-pyrrole nitrogens is 1. The summed E-state index contributed by atoms with van der Waals surface area (Å²) in [6, 6.07) is 8.22. The fourth-order valence-electron chi connectivity index (χ4n) is 2.20. The maximum Gasteiger partial charge on any atom is 0.202 e. The number of benzene rings is 1. The van der Waals surface area contributed by atoms with E-state index in [0.717, 1.165) is 11.3 Å². The van der Waals surface area contributed by atoms with E-state index in [9.17, 15) is 9.50 Å². The van der Waals surface area contributed by atoms with Crippen molar-refractivity contribution in [1.29, 1.82) is 0 Å². The minimum atomic E-state index is -0.770. The van der Waals surface area contributed by atoms with Crippen LogP contribution in [-0.4, -0.2) is 35.5 Å². The average molecular weight is 302 g/mol. The third kappa shape index (κ3) is 3.34. The molecule has 0 aliphatic heterocycles. The molecule has 2 aromatic heterocycles. The molecule has 3 aromatic rings. The van der Waals surface area contributed by atoms with Crippen LogP contribution in [0.5, 0.6) is 0 Å². The zero-order valence-corrected chi connectivity index (χ0v) is 11.7. The highest BCUT2D eigenvalue weighted by Crippen LogP contribution is 2.15. The summed E-state index contributed by atoms with van der Waals surface area (Å²) in [6.45, 7) is 0.556. The number of aliphatic hydroxyl groups excluding tert-OH is 1. The minimum Gasteiger partial charge on any atom is -0.385 e. The number of aromatic amines is 1. The molecule has 3 rings (SSSR count). The molecule has 1 atom stereocenters. The average Bonchev–Trinajstić information content (AvgIpc) is 3.19. The van der Waals surface area contributed by atoms with Gasteiger partial charge in [-0.05, 0) is 36.6 Å². The molecular formula is C14H15FN6O. The van der Waals surface area contributed by atoms with Crippen LogP contribution in [0.3, 0.4) is 0 Å². The van der Waals surface area contributed by atoms with Crippen molar-refractivity contribution in [3.05, 3.63) is 59.4 Å². The monoisotopic (exact) mass is 302 g/mol. The lowest BCUT2D eigenvalue weighted by molar-refractivity contribution is 0.157. The molecule has 0 fully saturated rings. The van der Waals surface area contributed by atoms with Crippen molar-refractivity contribution in [2.45, 2.75) is 25.5 Å². The van der Waals surface area contributed by atoms with Crippen molar-refractivity contribution in [2.75, 3.05) is 0 Å². The normalized spacial score (nSPS) is 12.5. The Balaban J connectivity index is 1.63. The number of aromatic nitrogens is 6. The van der Waals surface area contributed by atoms with Gasteiger partial charge in [0.05, 0.1) is 6.54 Å². The summed E-state index contributed by atoms with van der Waals surface area (Å²) in [5.41, 5.74) is 1.94. The van der Waals surface area contributed by atoms with E-state index in [1.54, 1.807) is 18.3 Å². The van der Waals surface area contributed by atoms with Gasteiger partial charge in [-0.3, -0.25) is 4.68 Å². The number of rotatable bonds is 6. The van der Waals surface area contributed by atoms with Crippen LogP contribution in [0.2, 0.25) is 0 Å². The molecule has 22 heavy (non-hydrogen) atoms. The van der Waals surface area contributed by atoms with Gasteiger partial charge in [-0.25, -0.2) is 4.39 Å². The Bertz CT molecular complexity index is 709. The van der Waals surface area contributed by atoms with Crippen LogP contribution in [0.15, 0.2) is 36.5 Å². The number of nitrogens with one attached hydrogen (secondary N) is 1. The van der Waals surface area contributed by atoms with Crippen LogP contribution in [-0.2, 0) is 13.0 Å². The molecule has 0 saturated heterocycles. The molecule has 0 bridgehead atoms. The van der Waals surface area contributed by atoms with Crippen molar-refractivity contribution in [3.8, 4) is 0 Å². The molecule has 0 radical (unpaired) electrons. The minimum absolute atomic E-state index is 0.257. The molecule has 0 aliphatic carbocycles. The standard InChI is InChI=1S/C14H15FN6O/c15-11-3-1-10(2-4-11)9-21-12(7-8-16-21)5-6-13(22)14-17-19-20-18-14/h1-4,7-8,13,22H,5-6,9H2,(H,17,18,19,20). The van der Waals surface area contributed by atoms with Crippen LogP contribution in [0.4, 0.5) is 4.39 Å². The second-order valence-electron chi connectivity index (χ2n) is 4.93. The molecule has 1 aromatic carbocycles. The van der Waals surface area contributed by atoms with Crippen molar-refractivity contribution < 1.29 is 9.50 Å². The number of hydrogen-bond acceptors (Lipinski definition) is 5. The maximum absolute atomic E-state index is 12.9. The zero-order chi connectivity index (χ0) is 15.4. The highest BCUT2D eigenvalue weighted by atomic mass is 19.1. The van der Waals surface area contributed by atoms with Gasteiger partial charge in [0, 0.05) is 11.9 Å². The number of nitrogens with zero attached hydrogens (tertiary/aromatic N) is 5. The number of aryl methyl sites for hydroxylation is 1. The molecular weight excluding hydrogens is 287 g/mol. The van der Waals surface area contributed by atoms with Crippen LogP contribution in [0.25, 0.3) is 0 Å². The van der Waals surface area contributed by atoms with E-state index in [-0.39, 0.29) is 11.6 Å². The van der Waals surface area contributed by atoms with Crippen LogP contribution >= 0.6 is 0 Å². The number of halogens is 1. The summed E-state index contributed by atoms with van der Waals surface area (Å²) in [4.78, 5) is 0. The van der Waals surface area contributed by atoms with E-state index >= 15 is 0 Å². The van der Waals surface area contributed by atoms with Crippen LogP contribution in [0, 0.1) is 5.82 Å². The van der Waals surface area contributed by atoms with Crippen molar-refractivity contribution in [3.63, 3.8) is 0 Å². The number of hydrogen-bond donors (Lipinski definition) is 2. The summed E-state index contributed by atoms with van der Waals surface area (Å²) >= 11 is 0.